The molecule has 1 aliphatic heterocycles. The molecule has 1 unspecified atom stereocenters. The number of carbonyl (C=O) groups is 1. The number of aromatic nitrogens is 2. The Morgan fingerprint density at radius 1 is 1.67 bits per heavy atom. The van der Waals surface area contributed by atoms with Crippen LogP contribution < -0.4 is 10.6 Å². The largest absolute Gasteiger partial charge is 0.316 e. The van der Waals surface area contributed by atoms with Crippen molar-refractivity contribution in [2.75, 3.05) is 18.4 Å². The van der Waals surface area contributed by atoms with Crippen molar-refractivity contribution in [3.8, 4) is 0 Å². The minimum absolute atomic E-state index is 0.0157. The van der Waals surface area contributed by atoms with Crippen LogP contribution in [0.1, 0.15) is 6.92 Å². The third kappa shape index (κ3) is 2.30. The lowest BCUT2D eigenvalue weighted by atomic mass is 9.88. The Morgan fingerprint density at radius 3 is 3.00 bits per heavy atom. The zero-order valence-electron chi connectivity index (χ0n) is 8.60. The highest BCUT2D eigenvalue weighted by atomic mass is 16.2. The van der Waals surface area contributed by atoms with Crippen molar-refractivity contribution in [1.82, 2.24) is 15.5 Å². The first-order chi connectivity index (χ1) is 7.27. The number of carbonyl (C=O) groups excluding carboxylic acids is 1. The zero-order chi connectivity index (χ0) is 10.7. The summed E-state index contributed by atoms with van der Waals surface area (Å²) in [5.41, 5.74) is 0. The molecule has 5 nitrogen and oxygen atoms in total. The van der Waals surface area contributed by atoms with Crippen LogP contribution in [0.15, 0.2) is 18.3 Å². The van der Waals surface area contributed by atoms with Gasteiger partial charge in [-0.25, -0.2) is 0 Å². The third-order valence-electron chi connectivity index (χ3n) is 2.76. The van der Waals surface area contributed by atoms with Crippen LogP contribution in [-0.2, 0) is 4.79 Å². The maximum absolute atomic E-state index is 11.7. The fourth-order valence-corrected chi connectivity index (χ4v) is 1.49. The van der Waals surface area contributed by atoms with Crippen molar-refractivity contribution in [2.45, 2.75) is 6.92 Å². The lowest BCUT2D eigenvalue weighted by Gasteiger charge is -2.31. The van der Waals surface area contributed by atoms with E-state index in [1.54, 1.807) is 18.3 Å². The van der Waals surface area contributed by atoms with Gasteiger partial charge in [-0.15, -0.1) is 5.10 Å². The first kappa shape index (κ1) is 10.0. The van der Waals surface area contributed by atoms with Crippen molar-refractivity contribution in [2.24, 2.45) is 11.8 Å². The zero-order valence-corrected chi connectivity index (χ0v) is 8.60. The molecule has 1 aliphatic rings. The lowest BCUT2D eigenvalue weighted by Crippen LogP contribution is -2.48. The van der Waals surface area contributed by atoms with Crippen LogP contribution in [0.2, 0.25) is 0 Å². The molecule has 0 radical (unpaired) electrons. The van der Waals surface area contributed by atoms with E-state index in [1.165, 1.54) is 0 Å². The summed E-state index contributed by atoms with van der Waals surface area (Å²) in [6.07, 6.45) is 1.58. The molecule has 1 fully saturated rings. The molecule has 0 aliphatic carbocycles. The molecule has 2 N–H and O–H groups in total. The average Bonchev–Trinajstić information content (AvgIpc) is 2.16. The van der Waals surface area contributed by atoms with Crippen molar-refractivity contribution in [3.05, 3.63) is 18.3 Å². The topological polar surface area (TPSA) is 66.9 Å². The molecule has 2 rings (SSSR count). The van der Waals surface area contributed by atoms with Crippen LogP contribution >= 0.6 is 0 Å². The van der Waals surface area contributed by atoms with Crippen LogP contribution in [-0.4, -0.2) is 29.2 Å². The maximum atomic E-state index is 11.7. The van der Waals surface area contributed by atoms with Gasteiger partial charge in [0.1, 0.15) is 0 Å². The lowest BCUT2D eigenvalue weighted by molar-refractivity contribution is -0.121. The van der Waals surface area contributed by atoms with Crippen LogP contribution in [0, 0.1) is 11.8 Å². The van der Waals surface area contributed by atoms with Crippen molar-refractivity contribution in [3.63, 3.8) is 0 Å². The quantitative estimate of drug-likeness (QED) is 0.745. The molecule has 2 heterocycles. The van der Waals surface area contributed by atoms with Gasteiger partial charge in [0.15, 0.2) is 5.82 Å². The van der Waals surface area contributed by atoms with Crippen LogP contribution in [0.4, 0.5) is 5.82 Å². The molecule has 1 amide bonds. The Balaban J connectivity index is 1.91. The van der Waals surface area contributed by atoms with E-state index < -0.39 is 0 Å². The second-order valence-corrected chi connectivity index (χ2v) is 3.81. The van der Waals surface area contributed by atoms with E-state index in [0.717, 1.165) is 13.1 Å². The standard InChI is InChI=1S/C10H14N4O/c1-7(8-5-11-6-8)10(15)13-9-3-2-4-12-14-9/h2-4,7-8,11H,5-6H2,1H3,(H,13,14,15). The van der Waals surface area contributed by atoms with Gasteiger partial charge in [0.05, 0.1) is 0 Å². The van der Waals surface area contributed by atoms with Crippen molar-refractivity contribution in [1.29, 1.82) is 0 Å². The van der Waals surface area contributed by atoms with E-state index in [4.69, 9.17) is 0 Å². The van der Waals surface area contributed by atoms with Crippen LogP contribution in [0.5, 0.6) is 0 Å². The monoisotopic (exact) mass is 206 g/mol. The molecule has 0 aromatic carbocycles. The molecule has 0 saturated carbocycles. The molecule has 15 heavy (non-hydrogen) atoms. The second kappa shape index (κ2) is 4.35. The summed E-state index contributed by atoms with van der Waals surface area (Å²) in [7, 11) is 0. The summed E-state index contributed by atoms with van der Waals surface area (Å²) in [6, 6.07) is 3.48. The summed E-state index contributed by atoms with van der Waals surface area (Å²) in [4.78, 5) is 11.7. The first-order valence-corrected chi connectivity index (χ1v) is 5.06. The van der Waals surface area contributed by atoms with Crippen molar-refractivity contribution >= 4 is 11.7 Å². The summed E-state index contributed by atoms with van der Waals surface area (Å²) >= 11 is 0. The van der Waals surface area contributed by atoms with Gasteiger partial charge in [0, 0.05) is 12.1 Å². The molecule has 1 aromatic rings. The highest BCUT2D eigenvalue weighted by Gasteiger charge is 2.28. The number of rotatable bonds is 3. The smallest absolute Gasteiger partial charge is 0.228 e. The van der Waals surface area contributed by atoms with E-state index in [9.17, 15) is 4.79 Å². The summed E-state index contributed by atoms with van der Waals surface area (Å²) in [5, 5.41) is 13.4. The molecule has 0 bridgehead atoms. The van der Waals surface area contributed by atoms with Gasteiger partial charge in [-0.3, -0.25) is 4.79 Å². The average molecular weight is 206 g/mol. The molecule has 80 valence electrons. The van der Waals surface area contributed by atoms with Gasteiger partial charge < -0.3 is 10.6 Å². The molecule has 0 spiro atoms. The third-order valence-corrected chi connectivity index (χ3v) is 2.76. The van der Waals surface area contributed by atoms with Crippen LogP contribution in [0.25, 0.3) is 0 Å². The van der Waals surface area contributed by atoms with Gasteiger partial charge in [0.2, 0.25) is 5.91 Å². The molecule has 1 saturated heterocycles. The molecule has 1 aromatic heterocycles. The molecule has 1 atom stereocenters. The first-order valence-electron chi connectivity index (χ1n) is 5.06. The minimum Gasteiger partial charge on any atom is -0.316 e. The number of hydrogen-bond acceptors (Lipinski definition) is 4. The normalized spacial score (nSPS) is 17.9. The van der Waals surface area contributed by atoms with Gasteiger partial charge in [0.25, 0.3) is 0 Å². The Morgan fingerprint density at radius 2 is 2.47 bits per heavy atom. The Hall–Kier alpha value is -1.49. The Kier molecular flexibility index (Phi) is 2.91. The van der Waals surface area contributed by atoms with Crippen molar-refractivity contribution < 1.29 is 4.79 Å². The van der Waals surface area contributed by atoms with E-state index in [-0.39, 0.29) is 11.8 Å². The highest BCUT2D eigenvalue weighted by molar-refractivity contribution is 5.91. The Labute approximate surface area is 88.3 Å². The number of hydrogen-bond donors (Lipinski definition) is 2. The predicted molar refractivity (Wildman–Crippen MR) is 56.2 cm³/mol. The fraction of sp³-hybridized carbons (Fsp3) is 0.500. The van der Waals surface area contributed by atoms with Gasteiger partial charge in [-0.2, -0.15) is 5.10 Å². The van der Waals surface area contributed by atoms with E-state index in [0.29, 0.717) is 11.7 Å². The summed E-state index contributed by atoms with van der Waals surface area (Å²) in [5.74, 6) is 0.999. The minimum atomic E-state index is 0.0157. The fourth-order valence-electron chi connectivity index (χ4n) is 1.49. The van der Waals surface area contributed by atoms with E-state index in [2.05, 4.69) is 20.8 Å². The van der Waals surface area contributed by atoms with Gasteiger partial charge in [-0.05, 0) is 31.1 Å². The predicted octanol–water partition coefficient (Wildman–Crippen LogP) is 0.271. The number of nitrogens with zero attached hydrogens (tertiary/aromatic N) is 2. The second-order valence-electron chi connectivity index (χ2n) is 3.81. The molecular formula is C10H14N4O. The number of anilines is 1. The summed E-state index contributed by atoms with van der Waals surface area (Å²) in [6.45, 7) is 3.79. The summed E-state index contributed by atoms with van der Waals surface area (Å²) < 4.78 is 0. The molecule has 5 heteroatoms. The Bertz CT molecular complexity index is 337. The van der Waals surface area contributed by atoms with Gasteiger partial charge in [-0.1, -0.05) is 6.92 Å². The number of amides is 1. The highest BCUT2D eigenvalue weighted by Crippen LogP contribution is 2.17. The number of nitrogens with one attached hydrogen (secondary N) is 2. The molecular weight excluding hydrogens is 192 g/mol. The van der Waals surface area contributed by atoms with E-state index >= 15 is 0 Å². The van der Waals surface area contributed by atoms with E-state index in [1.807, 2.05) is 6.92 Å². The maximum Gasteiger partial charge on any atom is 0.228 e. The van der Waals surface area contributed by atoms with Crippen LogP contribution in [0.3, 0.4) is 0 Å². The van der Waals surface area contributed by atoms with Gasteiger partial charge >= 0.3 is 0 Å². The SMILES string of the molecule is CC(C(=O)Nc1cccnn1)C1CNC1.